The van der Waals surface area contributed by atoms with Gasteiger partial charge in [0.15, 0.2) is 5.82 Å². The van der Waals surface area contributed by atoms with E-state index in [9.17, 15) is 0 Å². The van der Waals surface area contributed by atoms with Crippen LogP contribution >= 0.6 is 0 Å². The summed E-state index contributed by atoms with van der Waals surface area (Å²) in [6, 6.07) is 12.2. The lowest BCUT2D eigenvalue weighted by atomic mass is 10.0. The van der Waals surface area contributed by atoms with Crippen LogP contribution in [0.15, 0.2) is 40.9 Å². The molecule has 0 aliphatic rings. The van der Waals surface area contributed by atoms with Crippen molar-refractivity contribution in [3.8, 4) is 5.75 Å². The Bertz CT molecular complexity index is 752. The molecule has 0 unspecified atom stereocenters. The predicted octanol–water partition coefficient (Wildman–Crippen LogP) is 2.32. The molecule has 108 valence electrons. The van der Waals surface area contributed by atoms with Crippen molar-refractivity contribution in [3.63, 3.8) is 0 Å². The first-order valence-corrected chi connectivity index (χ1v) is 6.87. The van der Waals surface area contributed by atoms with Crippen LogP contribution in [0.5, 0.6) is 5.75 Å². The first-order valence-electron chi connectivity index (χ1n) is 6.87. The summed E-state index contributed by atoms with van der Waals surface area (Å²) >= 11 is 0. The van der Waals surface area contributed by atoms with Crippen LogP contribution in [0.25, 0.3) is 10.8 Å². The quantitative estimate of drug-likeness (QED) is 0.778. The lowest BCUT2D eigenvalue weighted by Crippen LogP contribution is -2.03. The van der Waals surface area contributed by atoms with Crippen LogP contribution in [-0.4, -0.2) is 23.8 Å². The van der Waals surface area contributed by atoms with E-state index in [4.69, 9.17) is 15.0 Å². The number of benzene rings is 2. The van der Waals surface area contributed by atoms with Crippen LogP contribution in [-0.2, 0) is 12.8 Å². The van der Waals surface area contributed by atoms with Gasteiger partial charge in [0, 0.05) is 19.4 Å². The second-order valence-corrected chi connectivity index (χ2v) is 4.82. The Labute approximate surface area is 122 Å². The van der Waals surface area contributed by atoms with E-state index >= 15 is 0 Å². The highest BCUT2D eigenvalue weighted by Crippen LogP contribution is 2.25. The first kappa shape index (κ1) is 13.6. The topological polar surface area (TPSA) is 74.2 Å². The number of fused-ring (bicyclic) bond motifs is 1. The molecule has 5 nitrogen and oxygen atoms in total. The maximum absolute atomic E-state index is 5.49. The van der Waals surface area contributed by atoms with Crippen LogP contribution in [0.4, 0.5) is 0 Å². The molecule has 0 aliphatic carbocycles. The van der Waals surface area contributed by atoms with Gasteiger partial charge < -0.3 is 15.0 Å². The zero-order chi connectivity index (χ0) is 14.7. The van der Waals surface area contributed by atoms with E-state index in [0.717, 1.165) is 16.7 Å². The van der Waals surface area contributed by atoms with E-state index in [2.05, 4.69) is 22.3 Å². The van der Waals surface area contributed by atoms with Crippen molar-refractivity contribution in [2.24, 2.45) is 5.73 Å². The Balaban J connectivity index is 1.95. The highest BCUT2D eigenvalue weighted by Gasteiger charge is 2.09. The second-order valence-electron chi connectivity index (χ2n) is 4.82. The average molecular weight is 283 g/mol. The summed E-state index contributed by atoms with van der Waals surface area (Å²) in [5.74, 6) is 2.10. The second kappa shape index (κ2) is 5.93. The van der Waals surface area contributed by atoms with Crippen molar-refractivity contribution in [3.05, 3.63) is 53.7 Å². The van der Waals surface area contributed by atoms with Gasteiger partial charge in [0.05, 0.1) is 7.11 Å². The minimum Gasteiger partial charge on any atom is -0.497 e. The van der Waals surface area contributed by atoms with E-state index in [1.807, 2.05) is 24.3 Å². The van der Waals surface area contributed by atoms with Gasteiger partial charge in [0.25, 0.3) is 0 Å². The molecule has 0 spiro atoms. The third kappa shape index (κ3) is 2.87. The molecule has 0 aliphatic heterocycles. The number of rotatable bonds is 5. The van der Waals surface area contributed by atoms with Gasteiger partial charge in [0.2, 0.25) is 5.89 Å². The summed E-state index contributed by atoms with van der Waals surface area (Å²) in [5.41, 5.74) is 6.63. The first-order chi connectivity index (χ1) is 10.3. The molecule has 0 bridgehead atoms. The Morgan fingerprint density at radius 1 is 1.24 bits per heavy atom. The average Bonchev–Trinajstić information content (AvgIpc) is 2.95. The molecule has 0 fully saturated rings. The lowest BCUT2D eigenvalue weighted by Gasteiger charge is -2.06. The summed E-state index contributed by atoms with van der Waals surface area (Å²) in [6.45, 7) is 0.507. The molecule has 5 heteroatoms. The van der Waals surface area contributed by atoms with Gasteiger partial charge in [-0.1, -0.05) is 29.4 Å². The van der Waals surface area contributed by atoms with Crippen molar-refractivity contribution < 1.29 is 9.26 Å². The number of hydrogen-bond acceptors (Lipinski definition) is 5. The van der Waals surface area contributed by atoms with Crippen LogP contribution in [0, 0.1) is 0 Å². The van der Waals surface area contributed by atoms with Gasteiger partial charge in [-0.2, -0.15) is 4.98 Å². The van der Waals surface area contributed by atoms with Crippen LogP contribution in [0.3, 0.4) is 0 Å². The molecule has 2 N–H and O–H groups in total. The molecule has 0 atom stereocenters. The molecule has 3 rings (SSSR count). The number of hydrogen-bond donors (Lipinski definition) is 1. The minimum absolute atomic E-state index is 0.507. The lowest BCUT2D eigenvalue weighted by molar-refractivity contribution is 0.375. The van der Waals surface area contributed by atoms with E-state index < -0.39 is 0 Å². The summed E-state index contributed by atoms with van der Waals surface area (Å²) < 4.78 is 10.5. The summed E-state index contributed by atoms with van der Waals surface area (Å²) in [4.78, 5) is 4.36. The standard InChI is InChI=1S/C16H17N3O2/c1-20-13-6-5-11-3-2-4-12(14(11)10-13)9-15-18-16(7-8-17)21-19-15/h2-6,10H,7-9,17H2,1H3. The molecule has 2 aromatic carbocycles. The molecule has 21 heavy (non-hydrogen) atoms. The van der Waals surface area contributed by atoms with Crippen molar-refractivity contribution in [2.45, 2.75) is 12.8 Å². The molecule has 0 saturated carbocycles. The molecular weight excluding hydrogens is 266 g/mol. The van der Waals surface area contributed by atoms with Crippen molar-refractivity contribution in [1.82, 2.24) is 10.1 Å². The maximum Gasteiger partial charge on any atom is 0.227 e. The fourth-order valence-corrected chi connectivity index (χ4v) is 2.35. The number of nitrogens with two attached hydrogens (primary N) is 1. The largest absolute Gasteiger partial charge is 0.497 e. The Morgan fingerprint density at radius 2 is 2.14 bits per heavy atom. The molecule has 0 amide bonds. The van der Waals surface area contributed by atoms with Crippen LogP contribution in [0.2, 0.25) is 0 Å². The zero-order valence-corrected chi connectivity index (χ0v) is 11.9. The van der Waals surface area contributed by atoms with Gasteiger partial charge in [-0.15, -0.1) is 0 Å². The van der Waals surface area contributed by atoms with E-state index in [-0.39, 0.29) is 0 Å². The smallest absolute Gasteiger partial charge is 0.227 e. The third-order valence-corrected chi connectivity index (χ3v) is 3.40. The predicted molar refractivity (Wildman–Crippen MR) is 80.4 cm³/mol. The highest BCUT2D eigenvalue weighted by atomic mass is 16.5. The molecular formula is C16H17N3O2. The molecule has 1 heterocycles. The zero-order valence-electron chi connectivity index (χ0n) is 11.9. The van der Waals surface area contributed by atoms with Crippen molar-refractivity contribution >= 4 is 10.8 Å². The molecule has 0 radical (unpaired) electrons. The highest BCUT2D eigenvalue weighted by molar-refractivity contribution is 5.87. The SMILES string of the molecule is COc1ccc2cccc(Cc3noc(CCN)n3)c2c1. The van der Waals surface area contributed by atoms with Gasteiger partial charge in [-0.3, -0.25) is 0 Å². The van der Waals surface area contributed by atoms with Gasteiger partial charge in [0.1, 0.15) is 5.75 Å². The van der Waals surface area contributed by atoms with Gasteiger partial charge in [-0.05, 0) is 28.5 Å². The molecule has 3 aromatic rings. The van der Waals surface area contributed by atoms with E-state index in [1.54, 1.807) is 7.11 Å². The summed E-state index contributed by atoms with van der Waals surface area (Å²) in [5, 5.41) is 6.31. The fourth-order valence-electron chi connectivity index (χ4n) is 2.35. The Morgan fingerprint density at radius 3 is 2.95 bits per heavy atom. The summed E-state index contributed by atoms with van der Waals surface area (Å²) in [7, 11) is 1.67. The fraction of sp³-hybridized carbons (Fsp3) is 0.250. The molecule has 1 aromatic heterocycles. The third-order valence-electron chi connectivity index (χ3n) is 3.40. The number of nitrogens with zero attached hydrogens (tertiary/aromatic N) is 2. The normalized spacial score (nSPS) is 11.0. The Kier molecular flexibility index (Phi) is 3.83. The number of ether oxygens (including phenoxy) is 1. The maximum atomic E-state index is 5.49. The van der Waals surface area contributed by atoms with Crippen LogP contribution < -0.4 is 10.5 Å². The Hall–Kier alpha value is -2.40. The summed E-state index contributed by atoms with van der Waals surface area (Å²) in [6.07, 6.45) is 1.23. The minimum atomic E-state index is 0.507. The van der Waals surface area contributed by atoms with Crippen molar-refractivity contribution in [1.29, 1.82) is 0 Å². The number of methoxy groups -OCH3 is 1. The number of aromatic nitrogens is 2. The van der Waals surface area contributed by atoms with E-state index in [0.29, 0.717) is 31.1 Å². The van der Waals surface area contributed by atoms with Gasteiger partial charge >= 0.3 is 0 Å². The monoisotopic (exact) mass is 283 g/mol. The van der Waals surface area contributed by atoms with Crippen molar-refractivity contribution in [2.75, 3.05) is 13.7 Å². The van der Waals surface area contributed by atoms with Gasteiger partial charge in [-0.25, -0.2) is 0 Å². The van der Waals surface area contributed by atoms with Crippen LogP contribution in [0.1, 0.15) is 17.3 Å². The molecule has 0 saturated heterocycles. The van der Waals surface area contributed by atoms with E-state index in [1.165, 1.54) is 5.39 Å².